The minimum Gasteiger partial charge on any atom is -0.770 e. The van der Waals surface area contributed by atoms with Crippen LogP contribution in [0.2, 0.25) is 0 Å². The summed E-state index contributed by atoms with van der Waals surface area (Å²) < 4.78 is 5.97. The van der Waals surface area contributed by atoms with Gasteiger partial charge >= 0.3 is 0 Å². The average Bonchev–Trinajstić information content (AvgIpc) is 3.36. The van der Waals surface area contributed by atoms with Crippen molar-refractivity contribution in [2.75, 3.05) is 32.6 Å². The Morgan fingerprint density at radius 2 is 2.00 bits per heavy atom. The summed E-state index contributed by atoms with van der Waals surface area (Å²) in [4.78, 5) is 20.6. The number of aliphatic hydroxyl groups excluding tert-OH is 1. The summed E-state index contributed by atoms with van der Waals surface area (Å²) in [5, 5.41) is 27.4. The second-order valence-corrected chi connectivity index (χ2v) is 13.9. The molecule has 2 aromatic rings. The SMILES string of the molecule is COc1c(CN2O[C@@H](CN)[C@@H]([C@H](C)O)[C@H]2N([O-])N[C@H]2C[C@H]3C[C@@H]([C@@H]2C)C3(C)C)cccc1-c1cc(C(C)=O)cc(N(C)C)c1. The average molecular weight is 609 g/mol. The minimum atomic E-state index is -0.820. The first-order chi connectivity index (χ1) is 20.8. The number of nitrogens with one attached hydrogen (secondary N) is 1. The molecule has 10 heteroatoms. The molecule has 10 nitrogen and oxygen atoms in total. The second-order valence-electron chi connectivity index (χ2n) is 13.9. The Morgan fingerprint density at radius 1 is 1.27 bits per heavy atom. The maximum atomic E-state index is 14.0. The number of Topliss-reactive ketones (excluding diaryl/α,β-unsaturated/α-hetero) is 1. The molecule has 1 aliphatic heterocycles. The Hall–Kier alpha value is -2.57. The number of hydrogen-bond donors (Lipinski definition) is 3. The topological polar surface area (TPSA) is 127 Å². The number of hydrazine groups is 1. The van der Waals surface area contributed by atoms with E-state index in [4.69, 9.17) is 15.3 Å². The Balaban J connectivity index is 1.46. The minimum absolute atomic E-state index is 0.0217. The normalized spacial score (nSPS) is 30.2. The van der Waals surface area contributed by atoms with Crippen molar-refractivity contribution >= 4 is 11.5 Å². The number of hydroxylamine groups is 3. The molecule has 2 aromatic carbocycles. The van der Waals surface area contributed by atoms with Gasteiger partial charge in [0.2, 0.25) is 0 Å². The van der Waals surface area contributed by atoms with Crippen molar-refractivity contribution in [2.24, 2.45) is 34.8 Å². The maximum Gasteiger partial charge on any atom is 0.159 e. The van der Waals surface area contributed by atoms with Crippen LogP contribution in [0.4, 0.5) is 5.69 Å². The molecule has 0 spiro atoms. The molecule has 8 atom stereocenters. The molecule has 6 rings (SSSR count). The summed E-state index contributed by atoms with van der Waals surface area (Å²) in [5.41, 5.74) is 13.7. The van der Waals surface area contributed by atoms with Crippen LogP contribution in [0, 0.1) is 34.3 Å². The van der Waals surface area contributed by atoms with Crippen LogP contribution < -0.4 is 20.8 Å². The highest BCUT2D eigenvalue weighted by Crippen LogP contribution is 2.61. The van der Waals surface area contributed by atoms with Crippen LogP contribution in [0.5, 0.6) is 5.75 Å². The van der Waals surface area contributed by atoms with Gasteiger partial charge in [0, 0.05) is 55.0 Å². The highest BCUT2D eigenvalue weighted by atomic mass is 16.7. The monoisotopic (exact) mass is 608 g/mol. The number of carbonyl (C=O) groups is 1. The molecule has 1 heterocycles. The predicted molar refractivity (Wildman–Crippen MR) is 172 cm³/mol. The lowest BCUT2D eigenvalue weighted by Gasteiger charge is -2.63. The van der Waals surface area contributed by atoms with Gasteiger partial charge in [-0.1, -0.05) is 39.0 Å². The quantitative estimate of drug-likeness (QED) is 0.250. The molecule has 4 fully saturated rings. The molecule has 3 saturated carbocycles. The van der Waals surface area contributed by atoms with Gasteiger partial charge in [-0.2, -0.15) is 5.06 Å². The third-order valence-electron chi connectivity index (χ3n) is 10.8. The summed E-state index contributed by atoms with van der Waals surface area (Å²) in [6, 6.07) is 11.7. The number of nitrogens with zero attached hydrogens (tertiary/aromatic N) is 3. The molecule has 0 aromatic heterocycles. The summed E-state index contributed by atoms with van der Waals surface area (Å²) in [7, 11) is 5.50. The van der Waals surface area contributed by atoms with Crippen molar-refractivity contribution in [1.82, 2.24) is 15.7 Å². The number of methoxy groups -OCH3 is 1. The third kappa shape index (κ3) is 5.89. The van der Waals surface area contributed by atoms with Crippen molar-refractivity contribution in [3.05, 3.63) is 52.7 Å². The molecular formula is C34H50N5O5-. The number of carbonyl (C=O) groups excluding carboxylic acids is 1. The number of ketones is 1. The first-order valence-electron chi connectivity index (χ1n) is 15.8. The van der Waals surface area contributed by atoms with Crippen molar-refractivity contribution < 1.29 is 19.5 Å². The number of para-hydroxylation sites is 1. The molecule has 3 aliphatic carbocycles. The van der Waals surface area contributed by atoms with E-state index in [0.717, 1.165) is 34.0 Å². The van der Waals surface area contributed by atoms with Crippen molar-refractivity contribution in [3.8, 4) is 16.9 Å². The standard InChI is InChI=1S/C34H50N5O5/c1-19-28-15-25(34(28,4)5)16-29(19)36-39(42)33-31(21(3)41)30(17-35)44-38(33)18-22-10-9-11-27(32(22)43-8)24-12-23(20(2)40)13-26(14-24)37(6)7/h9-14,19,21,25,28-31,33,36,41H,15-18,35H2,1-8H3/q-1/t19-,21-,25+,28-,29-,30-,31+,33+/m0/s1. The zero-order chi connectivity index (χ0) is 32.1. The van der Waals surface area contributed by atoms with E-state index >= 15 is 0 Å². The molecule has 0 radical (unpaired) electrons. The van der Waals surface area contributed by atoms with Crippen LogP contribution in [0.15, 0.2) is 36.4 Å². The van der Waals surface area contributed by atoms with Gasteiger partial charge in [0.15, 0.2) is 5.78 Å². The smallest absolute Gasteiger partial charge is 0.159 e. The number of nitrogens with two attached hydrogens (primary N) is 1. The zero-order valence-electron chi connectivity index (χ0n) is 27.4. The fourth-order valence-electron chi connectivity index (χ4n) is 7.99. The van der Waals surface area contributed by atoms with E-state index in [-0.39, 0.29) is 24.9 Å². The number of rotatable bonds is 11. The van der Waals surface area contributed by atoms with Gasteiger partial charge in [0.1, 0.15) is 5.75 Å². The van der Waals surface area contributed by atoms with Crippen LogP contribution >= 0.6 is 0 Å². The summed E-state index contributed by atoms with van der Waals surface area (Å²) in [6.07, 6.45) is 0.00708. The van der Waals surface area contributed by atoms with Gasteiger partial charge < -0.3 is 30.9 Å². The van der Waals surface area contributed by atoms with E-state index < -0.39 is 24.3 Å². The molecule has 0 unspecified atom stereocenters. The van der Waals surface area contributed by atoms with Crippen molar-refractivity contribution in [1.29, 1.82) is 0 Å². The van der Waals surface area contributed by atoms with Crippen LogP contribution in [0.3, 0.4) is 0 Å². The van der Waals surface area contributed by atoms with Crippen LogP contribution in [-0.4, -0.2) is 73.3 Å². The van der Waals surface area contributed by atoms with Gasteiger partial charge in [-0.25, -0.2) is 0 Å². The van der Waals surface area contributed by atoms with Gasteiger partial charge in [-0.3, -0.25) is 15.1 Å². The van der Waals surface area contributed by atoms with Crippen LogP contribution in [0.25, 0.3) is 11.1 Å². The van der Waals surface area contributed by atoms with Crippen molar-refractivity contribution in [2.45, 2.75) is 78.4 Å². The van der Waals surface area contributed by atoms with Gasteiger partial charge in [0.25, 0.3) is 0 Å². The lowest BCUT2D eigenvalue weighted by atomic mass is 9.45. The van der Waals surface area contributed by atoms with E-state index in [2.05, 4.69) is 26.2 Å². The lowest BCUT2D eigenvalue weighted by Crippen LogP contribution is -2.64. The largest absolute Gasteiger partial charge is 0.770 e. The highest BCUT2D eigenvalue weighted by molar-refractivity contribution is 5.97. The molecule has 4 aliphatic rings. The van der Waals surface area contributed by atoms with E-state index in [0.29, 0.717) is 34.5 Å². The highest BCUT2D eigenvalue weighted by Gasteiger charge is 2.56. The van der Waals surface area contributed by atoms with Gasteiger partial charge in [-0.05, 0) is 73.6 Å². The van der Waals surface area contributed by atoms with Crippen molar-refractivity contribution in [3.63, 3.8) is 0 Å². The zero-order valence-corrected chi connectivity index (χ0v) is 27.4. The first kappa shape index (κ1) is 32.8. The van der Waals surface area contributed by atoms with E-state index in [1.54, 1.807) is 26.0 Å². The van der Waals surface area contributed by atoms with E-state index in [1.807, 2.05) is 55.4 Å². The Labute approximate surface area is 262 Å². The number of fused-ring (bicyclic) bond motifs is 2. The molecule has 2 bridgehead atoms. The second kappa shape index (κ2) is 12.7. The Kier molecular flexibility index (Phi) is 9.45. The van der Waals surface area contributed by atoms with Crippen LogP contribution in [0.1, 0.15) is 63.4 Å². The van der Waals surface area contributed by atoms with Gasteiger partial charge in [-0.15, -0.1) is 0 Å². The number of hydrogen-bond acceptors (Lipinski definition) is 10. The summed E-state index contributed by atoms with van der Waals surface area (Å²) >= 11 is 0. The Bertz CT molecular complexity index is 1350. The van der Waals surface area contributed by atoms with E-state index in [1.165, 1.54) is 6.42 Å². The summed E-state index contributed by atoms with van der Waals surface area (Å²) in [6.45, 7) is 10.6. The third-order valence-corrected chi connectivity index (χ3v) is 10.8. The first-order valence-corrected chi connectivity index (χ1v) is 15.8. The molecular weight excluding hydrogens is 558 g/mol. The summed E-state index contributed by atoms with van der Waals surface area (Å²) in [5.74, 6) is 1.60. The molecule has 4 N–H and O–H groups in total. The van der Waals surface area contributed by atoms with Gasteiger partial charge in [0.05, 0.1) is 32.0 Å². The molecule has 1 saturated heterocycles. The number of anilines is 1. The fourth-order valence-corrected chi connectivity index (χ4v) is 7.99. The maximum absolute atomic E-state index is 14.0. The molecule has 44 heavy (non-hydrogen) atoms. The molecule has 242 valence electrons. The Morgan fingerprint density at radius 3 is 2.57 bits per heavy atom. The predicted octanol–water partition coefficient (Wildman–Crippen LogP) is 4.40. The molecule has 0 amide bonds. The van der Waals surface area contributed by atoms with E-state index in [9.17, 15) is 15.1 Å². The number of benzene rings is 2. The van der Waals surface area contributed by atoms with Crippen LogP contribution in [-0.2, 0) is 11.4 Å². The lowest BCUT2D eigenvalue weighted by molar-refractivity contribution is -0.196. The number of ether oxygens (including phenoxy) is 1. The fraction of sp³-hybridized carbons (Fsp3) is 0.618. The number of aliphatic hydroxyl groups is 1.